The molecule has 1 amide bonds. The Morgan fingerprint density at radius 1 is 1.08 bits per heavy atom. The van der Waals surface area contributed by atoms with Crippen molar-refractivity contribution in [3.63, 3.8) is 0 Å². The Morgan fingerprint density at radius 3 is 2.46 bits per heavy atom. The van der Waals surface area contributed by atoms with E-state index in [1.165, 1.54) is 5.56 Å². The highest BCUT2D eigenvalue weighted by molar-refractivity contribution is 5.92. The molecular weight excluding hydrogens is 298 g/mol. The number of hydrogen-bond donors (Lipinski definition) is 2. The Kier molecular flexibility index (Phi) is 7.27. The molecule has 0 saturated heterocycles. The minimum absolute atomic E-state index is 0.0702. The summed E-state index contributed by atoms with van der Waals surface area (Å²) in [5.41, 5.74) is 2.11. The largest absolute Gasteiger partial charge is 0.370 e. The van der Waals surface area contributed by atoms with Gasteiger partial charge in [0.2, 0.25) is 5.91 Å². The molecule has 128 valence electrons. The summed E-state index contributed by atoms with van der Waals surface area (Å²) in [5, 5.41) is 6.25. The van der Waals surface area contributed by atoms with Gasteiger partial charge in [-0.1, -0.05) is 44.2 Å². The van der Waals surface area contributed by atoms with Gasteiger partial charge in [-0.25, -0.2) is 4.98 Å². The van der Waals surface area contributed by atoms with Gasteiger partial charge in [0.15, 0.2) is 0 Å². The van der Waals surface area contributed by atoms with E-state index in [0.717, 1.165) is 43.7 Å². The van der Waals surface area contributed by atoms with Gasteiger partial charge in [-0.2, -0.15) is 0 Å². The quantitative estimate of drug-likeness (QED) is 0.667. The normalized spacial score (nSPS) is 10.6. The number of hydrogen-bond acceptors (Lipinski definition) is 3. The molecule has 1 aromatic heterocycles. The van der Waals surface area contributed by atoms with Gasteiger partial charge in [-0.05, 0) is 43.4 Å². The van der Waals surface area contributed by atoms with Crippen LogP contribution in [0.5, 0.6) is 0 Å². The number of benzene rings is 1. The molecular formula is C20H27N3O. The first-order valence-electron chi connectivity index (χ1n) is 8.77. The molecule has 2 N–H and O–H groups in total. The van der Waals surface area contributed by atoms with Crippen molar-refractivity contribution in [3.05, 3.63) is 54.2 Å². The number of amides is 1. The average molecular weight is 325 g/mol. The molecule has 1 heterocycles. The van der Waals surface area contributed by atoms with Crippen molar-refractivity contribution in [2.75, 3.05) is 17.2 Å². The minimum atomic E-state index is 0.0702. The van der Waals surface area contributed by atoms with Gasteiger partial charge in [-0.15, -0.1) is 0 Å². The zero-order valence-electron chi connectivity index (χ0n) is 14.6. The lowest BCUT2D eigenvalue weighted by Crippen LogP contribution is -2.21. The molecule has 0 radical (unpaired) electrons. The van der Waals surface area contributed by atoms with Crippen LogP contribution in [0.4, 0.5) is 11.5 Å². The molecule has 0 fully saturated rings. The number of anilines is 2. The summed E-state index contributed by atoms with van der Waals surface area (Å²) in [6, 6.07) is 14.3. The molecule has 4 heteroatoms. The van der Waals surface area contributed by atoms with Gasteiger partial charge < -0.3 is 10.6 Å². The van der Waals surface area contributed by atoms with Gasteiger partial charge in [0, 0.05) is 12.5 Å². The van der Waals surface area contributed by atoms with E-state index >= 15 is 0 Å². The van der Waals surface area contributed by atoms with Gasteiger partial charge in [0.25, 0.3) is 0 Å². The van der Waals surface area contributed by atoms with Crippen LogP contribution in [0, 0.1) is 5.92 Å². The van der Waals surface area contributed by atoms with Gasteiger partial charge in [0.05, 0.1) is 11.9 Å². The molecule has 0 spiro atoms. The maximum absolute atomic E-state index is 12.1. The summed E-state index contributed by atoms with van der Waals surface area (Å²) in [6.45, 7) is 4.95. The van der Waals surface area contributed by atoms with Crippen LogP contribution in [-0.4, -0.2) is 17.4 Å². The third-order valence-electron chi connectivity index (χ3n) is 4.18. The topological polar surface area (TPSA) is 54.0 Å². The third-order valence-corrected chi connectivity index (χ3v) is 4.18. The summed E-state index contributed by atoms with van der Waals surface area (Å²) >= 11 is 0. The number of pyridine rings is 1. The smallest absolute Gasteiger partial charge is 0.227 e. The van der Waals surface area contributed by atoms with Crippen LogP contribution in [0.2, 0.25) is 0 Å². The lowest BCUT2D eigenvalue weighted by atomic mass is 10.0. The van der Waals surface area contributed by atoms with E-state index in [9.17, 15) is 4.79 Å². The van der Waals surface area contributed by atoms with Crippen molar-refractivity contribution in [1.82, 2.24) is 4.98 Å². The minimum Gasteiger partial charge on any atom is -0.370 e. The van der Waals surface area contributed by atoms with E-state index in [1.807, 2.05) is 32.0 Å². The molecule has 24 heavy (non-hydrogen) atoms. The van der Waals surface area contributed by atoms with Crippen LogP contribution in [0.1, 0.15) is 38.7 Å². The zero-order valence-corrected chi connectivity index (χ0v) is 14.6. The fourth-order valence-electron chi connectivity index (χ4n) is 2.63. The molecule has 0 saturated carbocycles. The van der Waals surface area contributed by atoms with E-state index in [1.54, 1.807) is 6.20 Å². The Labute approximate surface area is 144 Å². The lowest BCUT2D eigenvalue weighted by molar-refractivity contribution is -0.120. The number of carbonyl (C=O) groups excluding carboxylic acids is 1. The second kappa shape index (κ2) is 9.71. The molecule has 0 bridgehead atoms. The maximum atomic E-state index is 12.1. The molecule has 0 unspecified atom stereocenters. The summed E-state index contributed by atoms with van der Waals surface area (Å²) in [5.74, 6) is 0.981. The van der Waals surface area contributed by atoms with E-state index in [4.69, 9.17) is 0 Å². The van der Waals surface area contributed by atoms with E-state index < -0.39 is 0 Å². The van der Waals surface area contributed by atoms with E-state index in [2.05, 4.69) is 39.9 Å². The second-order valence-electron chi connectivity index (χ2n) is 5.95. The summed E-state index contributed by atoms with van der Waals surface area (Å²) in [6.07, 6.45) is 5.53. The van der Waals surface area contributed by atoms with Gasteiger partial charge in [0.1, 0.15) is 5.82 Å². The van der Waals surface area contributed by atoms with Crippen LogP contribution in [0.3, 0.4) is 0 Å². The van der Waals surface area contributed by atoms with Crippen LogP contribution < -0.4 is 10.6 Å². The fraction of sp³-hybridized carbons (Fsp3) is 0.400. The molecule has 0 aliphatic rings. The van der Waals surface area contributed by atoms with E-state index in [0.29, 0.717) is 0 Å². The first kappa shape index (κ1) is 18.0. The van der Waals surface area contributed by atoms with Crippen molar-refractivity contribution >= 4 is 17.4 Å². The number of nitrogens with one attached hydrogen (secondary N) is 2. The summed E-state index contributed by atoms with van der Waals surface area (Å²) in [4.78, 5) is 16.4. The number of rotatable bonds is 9. The number of aryl methyl sites for hydroxylation is 1. The number of carbonyl (C=O) groups is 1. The first-order chi connectivity index (χ1) is 11.7. The Hall–Kier alpha value is -2.36. The van der Waals surface area contributed by atoms with Crippen LogP contribution in [0.15, 0.2) is 48.7 Å². The lowest BCUT2D eigenvalue weighted by Gasteiger charge is -2.13. The highest BCUT2D eigenvalue weighted by atomic mass is 16.1. The van der Waals surface area contributed by atoms with E-state index in [-0.39, 0.29) is 11.8 Å². The Balaban J connectivity index is 1.74. The van der Waals surface area contributed by atoms with Crippen molar-refractivity contribution in [2.45, 2.75) is 39.5 Å². The molecule has 0 aliphatic carbocycles. The van der Waals surface area contributed by atoms with Gasteiger partial charge in [-0.3, -0.25) is 4.79 Å². The monoisotopic (exact) mass is 325 g/mol. The van der Waals surface area contributed by atoms with Crippen molar-refractivity contribution in [1.29, 1.82) is 0 Å². The van der Waals surface area contributed by atoms with Crippen LogP contribution in [0.25, 0.3) is 0 Å². The van der Waals surface area contributed by atoms with Crippen molar-refractivity contribution < 1.29 is 4.79 Å². The maximum Gasteiger partial charge on any atom is 0.227 e. The standard InChI is InChI=1S/C20H27N3O/c1-3-17(4-2)20(24)23-18-12-13-19(22-15-18)21-14-8-11-16-9-6-5-7-10-16/h5-7,9-10,12-13,15,17H,3-4,8,11,14H2,1-2H3,(H,21,22)(H,23,24). The molecule has 0 atom stereocenters. The first-order valence-corrected chi connectivity index (χ1v) is 8.77. The highest BCUT2D eigenvalue weighted by Gasteiger charge is 2.13. The predicted molar refractivity (Wildman–Crippen MR) is 100 cm³/mol. The number of aromatic nitrogens is 1. The Bertz CT molecular complexity index is 607. The molecule has 1 aromatic carbocycles. The van der Waals surface area contributed by atoms with Gasteiger partial charge >= 0.3 is 0 Å². The molecule has 2 aromatic rings. The molecule has 0 aliphatic heterocycles. The zero-order chi connectivity index (χ0) is 17.2. The second-order valence-corrected chi connectivity index (χ2v) is 5.95. The predicted octanol–water partition coefficient (Wildman–Crippen LogP) is 4.50. The summed E-state index contributed by atoms with van der Waals surface area (Å²) in [7, 11) is 0. The Morgan fingerprint density at radius 2 is 1.83 bits per heavy atom. The highest BCUT2D eigenvalue weighted by Crippen LogP contribution is 2.14. The SMILES string of the molecule is CCC(CC)C(=O)Nc1ccc(NCCCc2ccccc2)nc1. The average Bonchev–Trinajstić information content (AvgIpc) is 2.62. The molecule has 4 nitrogen and oxygen atoms in total. The molecule has 2 rings (SSSR count). The van der Waals surface area contributed by atoms with Crippen molar-refractivity contribution in [3.8, 4) is 0 Å². The number of nitrogens with zero attached hydrogens (tertiary/aromatic N) is 1. The fourth-order valence-corrected chi connectivity index (χ4v) is 2.63. The third kappa shape index (κ3) is 5.69. The van der Waals surface area contributed by atoms with Crippen LogP contribution in [-0.2, 0) is 11.2 Å². The van der Waals surface area contributed by atoms with Crippen molar-refractivity contribution in [2.24, 2.45) is 5.92 Å². The van der Waals surface area contributed by atoms with Crippen LogP contribution >= 0.6 is 0 Å². The summed E-state index contributed by atoms with van der Waals surface area (Å²) < 4.78 is 0.